The van der Waals surface area contributed by atoms with Crippen LogP contribution in [0.15, 0.2) is 12.1 Å². The minimum absolute atomic E-state index is 0.163. The zero-order valence-corrected chi connectivity index (χ0v) is 12.2. The predicted octanol–water partition coefficient (Wildman–Crippen LogP) is 3.64. The zero-order valence-electron chi connectivity index (χ0n) is 12.2. The van der Waals surface area contributed by atoms with E-state index in [0.717, 1.165) is 24.0 Å². The molecule has 1 N–H and O–H groups in total. The molecule has 0 saturated carbocycles. The highest BCUT2D eigenvalue weighted by molar-refractivity contribution is 5.93. The van der Waals surface area contributed by atoms with Crippen molar-refractivity contribution in [3.8, 4) is 0 Å². The van der Waals surface area contributed by atoms with Gasteiger partial charge in [-0.25, -0.2) is 4.79 Å². The Bertz CT molecular complexity index is 549. The summed E-state index contributed by atoms with van der Waals surface area (Å²) in [5.41, 5.74) is 0.931. The average Bonchev–Trinajstić information content (AvgIpc) is 2.33. The maximum atomic E-state index is 11.3. The van der Waals surface area contributed by atoms with E-state index in [4.69, 9.17) is 0 Å². The standard InChI is InChI=1S/C15H19NO4/c1-14(2)5-6-15(3,4)11-8-12(16(19)20)9(13(17)18)7-10(11)14/h7-8H,5-6H2,1-4H3,(H,17,18). The summed E-state index contributed by atoms with van der Waals surface area (Å²) in [5, 5.41) is 20.3. The van der Waals surface area contributed by atoms with Gasteiger partial charge in [-0.05, 0) is 40.9 Å². The van der Waals surface area contributed by atoms with Crippen molar-refractivity contribution in [3.63, 3.8) is 0 Å². The van der Waals surface area contributed by atoms with E-state index in [1.54, 1.807) is 0 Å². The SMILES string of the molecule is CC1(C)CCC(C)(C)c2cc([N+](=O)[O-])c(C(=O)O)cc21. The third-order valence-corrected chi connectivity index (χ3v) is 4.40. The van der Waals surface area contributed by atoms with Crippen LogP contribution in [0.3, 0.4) is 0 Å². The van der Waals surface area contributed by atoms with Gasteiger partial charge in [-0.2, -0.15) is 0 Å². The van der Waals surface area contributed by atoms with Crippen molar-refractivity contribution in [2.75, 3.05) is 0 Å². The molecule has 0 aromatic heterocycles. The van der Waals surface area contributed by atoms with E-state index in [1.165, 1.54) is 12.1 Å². The molecule has 0 aliphatic heterocycles. The lowest BCUT2D eigenvalue weighted by molar-refractivity contribution is -0.385. The van der Waals surface area contributed by atoms with Gasteiger partial charge in [0.25, 0.3) is 5.69 Å². The fourth-order valence-corrected chi connectivity index (χ4v) is 2.92. The molecule has 0 spiro atoms. The van der Waals surface area contributed by atoms with E-state index in [0.29, 0.717) is 0 Å². The number of carboxylic acids is 1. The Balaban J connectivity index is 2.81. The zero-order chi connectivity index (χ0) is 15.3. The van der Waals surface area contributed by atoms with Crippen molar-refractivity contribution >= 4 is 11.7 Å². The topological polar surface area (TPSA) is 80.4 Å². The highest BCUT2D eigenvalue weighted by Crippen LogP contribution is 2.47. The van der Waals surface area contributed by atoms with Gasteiger partial charge in [-0.15, -0.1) is 0 Å². The highest BCUT2D eigenvalue weighted by atomic mass is 16.6. The van der Waals surface area contributed by atoms with E-state index in [-0.39, 0.29) is 22.1 Å². The fourth-order valence-electron chi connectivity index (χ4n) is 2.92. The number of carbonyl (C=O) groups is 1. The lowest BCUT2D eigenvalue weighted by Gasteiger charge is -2.41. The van der Waals surface area contributed by atoms with Crippen LogP contribution in [-0.2, 0) is 10.8 Å². The Morgan fingerprint density at radius 2 is 1.60 bits per heavy atom. The second kappa shape index (κ2) is 4.30. The number of carboxylic acid groups (broad SMARTS) is 1. The summed E-state index contributed by atoms with van der Waals surface area (Å²) in [5.74, 6) is -1.25. The fraction of sp³-hybridized carbons (Fsp3) is 0.533. The number of hydrogen-bond acceptors (Lipinski definition) is 3. The number of hydrogen-bond donors (Lipinski definition) is 1. The largest absolute Gasteiger partial charge is 0.477 e. The molecule has 1 aromatic rings. The summed E-state index contributed by atoms with van der Waals surface area (Å²) in [6.45, 7) is 8.20. The first-order chi connectivity index (χ1) is 9.06. The van der Waals surface area contributed by atoms with Gasteiger partial charge < -0.3 is 5.11 Å². The maximum Gasteiger partial charge on any atom is 0.342 e. The van der Waals surface area contributed by atoms with Gasteiger partial charge in [0, 0.05) is 6.07 Å². The molecule has 0 unspecified atom stereocenters. The molecule has 2 rings (SSSR count). The van der Waals surface area contributed by atoms with E-state index in [2.05, 4.69) is 13.8 Å². The molecule has 1 aromatic carbocycles. The number of nitro benzene ring substituents is 1. The first-order valence-corrected chi connectivity index (χ1v) is 6.63. The summed E-state index contributed by atoms with van der Waals surface area (Å²) in [7, 11) is 0. The second-order valence-electron chi connectivity index (χ2n) is 6.74. The van der Waals surface area contributed by atoms with Crippen molar-refractivity contribution in [1.29, 1.82) is 0 Å². The molecule has 108 valence electrons. The van der Waals surface area contributed by atoms with Crippen molar-refractivity contribution in [2.45, 2.75) is 51.4 Å². The first kappa shape index (κ1) is 14.5. The monoisotopic (exact) mass is 277 g/mol. The van der Waals surface area contributed by atoms with E-state index >= 15 is 0 Å². The molecule has 1 aliphatic rings. The van der Waals surface area contributed by atoms with Crippen molar-refractivity contribution in [1.82, 2.24) is 0 Å². The molecule has 0 fully saturated rings. The smallest absolute Gasteiger partial charge is 0.342 e. The molecule has 0 saturated heterocycles. The molecular formula is C15H19NO4. The van der Waals surface area contributed by atoms with Crippen molar-refractivity contribution in [3.05, 3.63) is 38.9 Å². The number of aromatic carboxylic acids is 1. The lowest BCUT2D eigenvalue weighted by Crippen LogP contribution is -2.34. The predicted molar refractivity (Wildman–Crippen MR) is 75.3 cm³/mol. The summed E-state index contributed by atoms with van der Waals surface area (Å²) >= 11 is 0. The molecule has 0 radical (unpaired) electrons. The van der Waals surface area contributed by atoms with Crippen LogP contribution in [0, 0.1) is 10.1 Å². The Hall–Kier alpha value is -1.91. The van der Waals surface area contributed by atoms with Gasteiger partial charge in [0.15, 0.2) is 0 Å². The molecule has 0 atom stereocenters. The minimum Gasteiger partial charge on any atom is -0.477 e. The Kier molecular flexibility index (Phi) is 3.11. The highest BCUT2D eigenvalue weighted by Gasteiger charge is 2.39. The summed E-state index contributed by atoms with van der Waals surface area (Å²) in [6.07, 6.45) is 1.86. The number of fused-ring (bicyclic) bond motifs is 1. The number of nitro groups is 1. The van der Waals surface area contributed by atoms with Crippen LogP contribution in [0.5, 0.6) is 0 Å². The van der Waals surface area contributed by atoms with Gasteiger partial charge in [-0.1, -0.05) is 27.7 Å². The summed E-state index contributed by atoms with van der Waals surface area (Å²) in [6, 6.07) is 2.95. The second-order valence-corrected chi connectivity index (χ2v) is 6.74. The van der Waals surface area contributed by atoms with E-state index < -0.39 is 10.9 Å². The summed E-state index contributed by atoms with van der Waals surface area (Å²) < 4.78 is 0. The van der Waals surface area contributed by atoms with Crippen LogP contribution in [0.25, 0.3) is 0 Å². The molecular weight excluding hydrogens is 258 g/mol. The molecule has 1 aliphatic carbocycles. The lowest BCUT2D eigenvalue weighted by atomic mass is 9.63. The maximum absolute atomic E-state index is 11.3. The first-order valence-electron chi connectivity index (χ1n) is 6.63. The van der Waals surface area contributed by atoms with Gasteiger partial charge >= 0.3 is 5.97 Å². The van der Waals surface area contributed by atoms with Gasteiger partial charge in [0.1, 0.15) is 5.56 Å². The van der Waals surface area contributed by atoms with E-state index in [9.17, 15) is 20.0 Å². The van der Waals surface area contributed by atoms with Crippen LogP contribution in [0.1, 0.15) is 62.0 Å². The van der Waals surface area contributed by atoms with Gasteiger partial charge in [0.2, 0.25) is 0 Å². The number of benzene rings is 1. The third-order valence-electron chi connectivity index (χ3n) is 4.40. The molecule has 5 nitrogen and oxygen atoms in total. The molecule has 20 heavy (non-hydrogen) atoms. The Morgan fingerprint density at radius 3 is 2.00 bits per heavy atom. The van der Waals surface area contributed by atoms with Gasteiger partial charge in [-0.3, -0.25) is 10.1 Å². The third kappa shape index (κ3) is 2.17. The minimum atomic E-state index is -1.25. The van der Waals surface area contributed by atoms with Crippen LogP contribution in [-0.4, -0.2) is 16.0 Å². The average molecular weight is 277 g/mol. The Morgan fingerprint density at radius 1 is 1.15 bits per heavy atom. The Labute approximate surface area is 117 Å². The van der Waals surface area contributed by atoms with Crippen LogP contribution in [0.4, 0.5) is 5.69 Å². The van der Waals surface area contributed by atoms with Crippen molar-refractivity contribution in [2.24, 2.45) is 0 Å². The van der Waals surface area contributed by atoms with Crippen LogP contribution >= 0.6 is 0 Å². The normalized spacial score (nSPS) is 19.2. The molecule has 0 amide bonds. The summed E-state index contributed by atoms with van der Waals surface area (Å²) in [4.78, 5) is 21.8. The number of rotatable bonds is 2. The van der Waals surface area contributed by atoms with Crippen LogP contribution in [0.2, 0.25) is 0 Å². The molecule has 0 bridgehead atoms. The van der Waals surface area contributed by atoms with Crippen LogP contribution < -0.4 is 0 Å². The molecule has 0 heterocycles. The quantitative estimate of drug-likeness (QED) is 0.661. The number of nitrogens with zero attached hydrogens (tertiary/aromatic N) is 1. The van der Waals surface area contributed by atoms with Gasteiger partial charge in [0.05, 0.1) is 4.92 Å². The molecule has 5 heteroatoms. The van der Waals surface area contributed by atoms with E-state index in [1.807, 2.05) is 13.8 Å². The van der Waals surface area contributed by atoms with Crippen molar-refractivity contribution < 1.29 is 14.8 Å².